The lowest BCUT2D eigenvalue weighted by Crippen LogP contribution is -2.01. The zero-order valence-electron chi connectivity index (χ0n) is 14.4. The van der Waals surface area contributed by atoms with Crippen molar-refractivity contribution >= 4 is 13.9 Å². The first-order valence-corrected chi connectivity index (χ1v) is 9.80. The quantitative estimate of drug-likeness (QED) is 0.150. The average molecular weight is 334 g/mol. The molecule has 0 aliphatic carbocycles. The van der Waals surface area contributed by atoms with Gasteiger partial charge in [-0.25, -0.2) is 0 Å². The van der Waals surface area contributed by atoms with Gasteiger partial charge < -0.3 is 4.52 Å². The molecule has 23 heavy (non-hydrogen) atoms. The standard InChI is InChI=1S/C20H31O2P/c1-6-18(4)12-9-10-16-23(17-14-19(5)7-2)22-15-11-13-20(21)8-3/h6-8H,1-5,9-17H2. The molecule has 1 atom stereocenters. The summed E-state index contributed by atoms with van der Waals surface area (Å²) in [5.41, 5.74) is 2.15. The van der Waals surface area contributed by atoms with E-state index in [2.05, 4.69) is 32.9 Å². The van der Waals surface area contributed by atoms with Crippen LogP contribution in [0.4, 0.5) is 0 Å². The number of rotatable bonds is 16. The van der Waals surface area contributed by atoms with Crippen LogP contribution in [-0.4, -0.2) is 24.7 Å². The Morgan fingerprint density at radius 2 is 1.48 bits per heavy atom. The zero-order valence-corrected chi connectivity index (χ0v) is 15.3. The topological polar surface area (TPSA) is 26.3 Å². The van der Waals surface area contributed by atoms with Crippen LogP contribution < -0.4 is 0 Å². The van der Waals surface area contributed by atoms with E-state index in [9.17, 15) is 4.79 Å². The highest BCUT2D eigenvalue weighted by molar-refractivity contribution is 7.52. The average Bonchev–Trinajstić information content (AvgIpc) is 2.58. The van der Waals surface area contributed by atoms with Crippen molar-refractivity contribution in [3.63, 3.8) is 0 Å². The molecule has 0 spiro atoms. The molecule has 2 nitrogen and oxygen atoms in total. The third kappa shape index (κ3) is 12.9. The van der Waals surface area contributed by atoms with Gasteiger partial charge >= 0.3 is 0 Å². The van der Waals surface area contributed by atoms with Crippen molar-refractivity contribution < 1.29 is 9.32 Å². The first-order valence-electron chi connectivity index (χ1n) is 8.17. The van der Waals surface area contributed by atoms with Crippen LogP contribution in [0.2, 0.25) is 0 Å². The maximum atomic E-state index is 11.2. The minimum atomic E-state index is -0.470. The van der Waals surface area contributed by atoms with Gasteiger partial charge in [-0.2, -0.15) is 0 Å². The predicted octanol–water partition coefficient (Wildman–Crippen LogP) is 5.98. The van der Waals surface area contributed by atoms with Crippen LogP contribution >= 0.6 is 8.15 Å². The molecule has 0 N–H and O–H groups in total. The Labute approximate surface area is 143 Å². The molecule has 0 heterocycles. The second-order valence-corrected chi connectivity index (χ2v) is 7.58. The Morgan fingerprint density at radius 1 is 0.826 bits per heavy atom. The van der Waals surface area contributed by atoms with Crippen molar-refractivity contribution in [2.75, 3.05) is 18.9 Å². The number of unbranched alkanes of at least 4 members (excludes halogenated alkanes) is 1. The third-order valence-corrected chi connectivity index (χ3v) is 5.57. The molecule has 0 radical (unpaired) electrons. The summed E-state index contributed by atoms with van der Waals surface area (Å²) in [5.74, 6) is 0.0842. The van der Waals surface area contributed by atoms with E-state index in [-0.39, 0.29) is 5.78 Å². The van der Waals surface area contributed by atoms with Gasteiger partial charge in [0.25, 0.3) is 0 Å². The molecule has 0 rings (SSSR count). The summed E-state index contributed by atoms with van der Waals surface area (Å²) in [6, 6.07) is 0. The van der Waals surface area contributed by atoms with Crippen molar-refractivity contribution in [1.29, 1.82) is 0 Å². The molecule has 0 aromatic rings. The summed E-state index contributed by atoms with van der Waals surface area (Å²) < 4.78 is 6.03. The Morgan fingerprint density at radius 3 is 2.09 bits per heavy atom. The molecule has 128 valence electrons. The Hall–Kier alpha value is -1.24. The molecule has 0 aromatic heterocycles. The Bertz CT molecular complexity index is 395. The first-order chi connectivity index (χ1) is 11.0. The fraction of sp³-hybridized carbons (Fsp3) is 0.450. The van der Waals surface area contributed by atoms with Crippen molar-refractivity contribution in [3.05, 3.63) is 62.3 Å². The van der Waals surface area contributed by atoms with Gasteiger partial charge in [-0.05, 0) is 50.5 Å². The minimum absolute atomic E-state index is 0.0842. The molecule has 0 amide bonds. The molecular formula is C20H31O2P. The predicted molar refractivity (Wildman–Crippen MR) is 104 cm³/mol. The third-order valence-electron chi connectivity index (χ3n) is 3.48. The summed E-state index contributed by atoms with van der Waals surface area (Å²) in [7, 11) is -0.470. The molecular weight excluding hydrogens is 303 g/mol. The maximum Gasteiger partial charge on any atom is 0.155 e. The molecule has 1 unspecified atom stereocenters. The van der Waals surface area contributed by atoms with E-state index in [1.54, 1.807) is 0 Å². The van der Waals surface area contributed by atoms with E-state index in [0.717, 1.165) is 55.6 Å². The number of hydrogen-bond acceptors (Lipinski definition) is 2. The van der Waals surface area contributed by atoms with Gasteiger partial charge in [0.15, 0.2) is 5.78 Å². The maximum absolute atomic E-state index is 11.2. The fourth-order valence-electron chi connectivity index (χ4n) is 1.90. The molecule has 0 aromatic carbocycles. The highest BCUT2D eigenvalue weighted by atomic mass is 31.1. The second kappa shape index (κ2) is 14.4. The highest BCUT2D eigenvalue weighted by Crippen LogP contribution is 2.40. The van der Waals surface area contributed by atoms with E-state index in [1.807, 2.05) is 12.2 Å². The Kier molecular flexibility index (Phi) is 13.6. The normalized spacial score (nSPS) is 11.5. The highest BCUT2D eigenvalue weighted by Gasteiger charge is 2.10. The van der Waals surface area contributed by atoms with E-state index >= 15 is 0 Å². The summed E-state index contributed by atoms with van der Waals surface area (Å²) in [4.78, 5) is 11.2. The minimum Gasteiger partial charge on any atom is -0.359 e. The Balaban J connectivity index is 4.11. The number of ketones is 1. The smallest absolute Gasteiger partial charge is 0.155 e. The molecule has 0 bridgehead atoms. The number of carbonyl (C=O) groups is 1. The lowest BCUT2D eigenvalue weighted by molar-refractivity contribution is -0.114. The van der Waals surface area contributed by atoms with Crippen LogP contribution in [0.3, 0.4) is 0 Å². The number of allylic oxidation sites excluding steroid dienone is 5. The lowest BCUT2D eigenvalue weighted by Gasteiger charge is -2.18. The van der Waals surface area contributed by atoms with Crippen LogP contribution in [0.5, 0.6) is 0 Å². The summed E-state index contributed by atoms with van der Waals surface area (Å²) >= 11 is 0. The van der Waals surface area contributed by atoms with Crippen molar-refractivity contribution in [1.82, 2.24) is 0 Å². The molecule has 0 fully saturated rings. The molecule has 3 heteroatoms. The van der Waals surface area contributed by atoms with Gasteiger partial charge in [0.2, 0.25) is 0 Å². The van der Waals surface area contributed by atoms with Crippen molar-refractivity contribution in [2.24, 2.45) is 0 Å². The van der Waals surface area contributed by atoms with Gasteiger partial charge in [-0.3, -0.25) is 4.79 Å². The number of hydrogen-bond donors (Lipinski definition) is 0. The molecule has 0 aliphatic rings. The van der Waals surface area contributed by atoms with Gasteiger partial charge in [0, 0.05) is 14.6 Å². The van der Waals surface area contributed by atoms with Crippen molar-refractivity contribution in [3.8, 4) is 0 Å². The fourth-order valence-corrected chi connectivity index (χ4v) is 3.88. The van der Waals surface area contributed by atoms with Crippen LogP contribution in [0.25, 0.3) is 0 Å². The molecule has 0 saturated carbocycles. The van der Waals surface area contributed by atoms with E-state index in [4.69, 9.17) is 4.52 Å². The van der Waals surface area contributed by atoms with Gasteiger partial charge in [0.1, 0.15) is 0 Å². The first kappa shape index (κ1) is 21.8. The monoisotopic (exact) mass is 334 g/mol. The second-order valence-electron chi connectivity index (χ2n) is 5.47. The van der Waals surface area contributed by atoms with Crippen LogP contribution in [-0.2, 0) is 9.32 Å². The largest absolute Gasteiger partial charge is 0.359 e. The lowest BCUT2D eigenvalue weighted by atomic mass is 10.1. The molecule has 0 saturated heterocycles. The van der Waals surface area contributed by atoms with E-state index < -0.39 is 8.15 Å². The van der Waals surface area contributed by atoms with Crippen LogP contribution in [0, 0.1) is 0 Å². The van der Waals surface area contributed by atoms with Gasteiger partial charge in [-0.15, -0.1) is 0 Å². The van der Waals surface area contributed by atoms with E-state index in [1.165, 1.54) is 6.08 Å². The van der Waals surface area contributed by atoms with Crippen LogP contribution in [0.1, 0.15) is 38.5 Å². The van der Waals surface area contributed by atoms with Gasteiger partial charge in [-0.1, -0.05) is 56.2 Å². The summed E-state index contributed by atoms with van der Waals surface area (Å²) in [6.45, 7) is 19.5. The number of carbonyl (C=O) groups excluding carboxylic acids is 1. The van der Waals surface area contributed by atoms with Gasteiger partial charge in [0.05, 0.1) is 6.61 Å². The van der Waals surface area contributed by atoms with Crippen molar-refractivity contribution in [2.45, 2.75) is 38.5 Å². The van der Waals surface area contributed by atoms with Crippen LogP contribution in [0.15, 0.2) is 62.3 Å². The summed E-state index contributed by atoms with van der Waals surface area (Å²) in [5, 5.41) is 0. The van der Waals surface area contributed by atoms with E-state index in [0.29, 0.717) is 13.0 Å². The SMILES string of the molecule is C=CC(=C)CCCCP(CCC(=C)C=C)OCCCC(=O)C=C. The summed E-state index contributed by atoms with van der Waals surface area (Å²) in [6.07, 6.45) is 12.6. The molecule has 0 aliphatic heterocycles. The zero-order chi connectivity index (χ0) is 17.5.